The van der Waals surface area contributed by atoms with Crippen LogP contribution < -0.4 is 40.0 Å². The van der Waals surface area contributed by atoms with Gasteiger partial charge in [-0.05, 0) is 14.0 Å². The van der Waals surface area contributed by atoms with Gasteiger partial charge in [-0.15, -0.1) is 0 Å². The minimum absolute atomic E-state index is 0. The van der Waals surface area contributed by atoms with Crippen molar-refractivity contribution in [2.24, 2.45) is 0 Å². The first kappa shape index (κ1) is 12.1. The fourth-order valence-electron chi connectivity index (χ4n) is 0.102. The Bertz CT molecular complexity index is 104. The summed E-state index contributed by atoms with van der Waals surface area (Å²) in [6, 6.07) is 0. The molecule has 0 bridgehead atoms. The van der Waals surface area contributed by atoms with E-state index in [4.69, 9.17) is 5.11 Å². The summed E-state index contributed by atoms with van der Waals surface area (Å²) >= 11 is 0. The van der Waals surface area contributed by atoms with Gasteiger partial charge < -0.3 is 15.0 Å². The Morgan fingerprint density at radius 3 is 2.11 bits per heavy atom. The molecule has 9 heavy (non-hydrogen) atoms. The smallest absolute Gasteiger partial charge is 0.546 e. The molecule has 0 aromatic rings. The molecule has 0 saturated heterocycles. The summed E-state index contributed by atoms with van der Waals surface area (Å²) in [6.45, 7) is 1.10. The second-order valence-electron chi connectivity index (χ2n) is 1.61. The van der Waals surface area contributed by atoms with E-state index in [1.54, 1.807) is 0 Å². The SMILES string of the molecule is CNC(C)(O)C(=O)[O-].[Na+]. The zero-order valence-electron chi connectivity index (χ0n) is 5.76. The largest absolute Gasteiger partial charge is 1.00 e. The number of carbonyl (C=O) groups excluding carboxylic acids is 1. The van der Waals surface area contributed by atoms with Crippen LogP contribution in [0.4, 0.5) is 0 Å². The number of aliphatic carboxylic acids is 1. The summed E-state index contributed by atoms with van der Waals surface area (Å²) in [4.78, 5) is 9.83. The third-order valence-electron chi connectivity index (χ3n) is 0.884. The van der Waals surface area contributed by atoms with E-state index >= 15 is 0 Å². The standard InChI is InChI=1S/C4H9NO3.Na/c1-4(8,5-2)3(6)7;/h5,8H,1-2H3,(H,6,7);/q;+1/p-1. The molecule has 1 atom stereocenters. The van der Waals surface area contributed by atoms with E-state index in [1.165, 1.54) is 7.05 Å². The monoisotopic (exact) mass is 141 g/mol. The van der Waals surface area contributed by atoms with Crippen LogP contribution in [-0.4, -0.2) is 23.8 Å². The summed E-state index contributed by atoms with van der Waals surface area (Å²) < 4.78 is 0. The van der Waals surface area contributed by atoms with E-state index in [-0.39, 0.29) is 29.6 Å². The van der Waals surface area contributed by atoms with Gasteiger partial charge in [0.25, 0.3) is 0 Å². The Balaban J connectivity index is 0. The molecule has 0 aliphatic rings. The van der Waals surface area contributed by atoms with Gasteiger partial charge in [0.1, 0.15) is 0 Å². The van der Waals surface area contributed by atoms with Crippen LogP contribution in [0.1, 0.15) is 6.92 Å². The first-order valence-corrected chi connectivity index (χ1v) is 2.13. The van der Waals surface area contributed by atoms with E-state index in [0.29, 0.717) is 0 Å². The van der Waals surface area contributed by atoms with Crippen molar-refractivity contribution >= 4 is 5.97 Å². The van der Waals surface area contributed by atoms with Gasteiger partial charge in [0.15, 0.2) is 5.72 Å². The van der Waals surface area contributed by atoms with Gasteiger partial charge in [-0.25, -0.2) is 0 Å². The number of likely N-dealkylation sites (N-methyl/N-ethyl adjacent to an activating group) is 1. The zero-order valence-corrected chi connectivity index (χ0v) is 7.76. The van der Waals surface area contributed by atoms with Gasteiger partial charge in [-0.3, -0.25) is 5.32 Å². The average molecular weight is 141 g/mol. The third kappa shape index (κ3) is 3.89. The van der Waals surface area contributed by atoms with Crippen LogP contribution in [0.25, 0.3) is 0 Å². The molecular weight excluding hydrogens is 133 g/mol. The molecule has 0 aromatic heterocycles. The van der Waals surface area contributed by atoms with Gasteiger partial charge in [0.05, 0.1) is 5.97 Å². The van der Waals surface area contributed by atoms with Crippen molar-refractivity contribution in [2.75, 3.05) is 7.05 Å². The van der Waals surface area contributed by atoms with Crippen molar-refractivity contribution in [3.63, 3.8) is 0 Å². The molecule has 0 rings (SSSR count). The van der Waals surface area contributed by atoms with Crippen LogP contribution in [0.2, 0.25) is 0 Å². The second kappa shape index (κ2) is 4.24. The fraction of sp³-hybridized carbons (Fsp3) is 0.750. The van der Waals surface area contributed by atoms with Crippen molar-refractivity contribution in [2.45, 2.75) is 12.6 Å². The number of hydrogen-bond acceptors (Lipinski definition) is 4. The maximum atomic E-state index is 9.83. The predicted octanol–water partition coefficient (Wildman–Crippen LogP) is -5.33. The first-order valence-electron chi connectivity index (χ1n) is 2.13. The molecule has 0 radical (unpaired) electrons. The molecule has 0 aliphatic heterocycles. The maximum absolute atomic E-state index is 9.83. The summed E-state index contributed by atoms with van der Waals surface area (Å²) in [6.07, 6.45) is 0. The minimum atomic E-state index is -1.90. The normalized spacial score (nSPS) is 15.4. The summed E-state index contributed by atoms with van der Waals surface area (Å²) in [5, 5.41) is 20.6. The quantitative estimate of drug-likeness (QED) is 0.297. The molecular formula is C4H8NNaO3. The Morgan fingerprint density at radius 2 is 2.11 bits per heavy atom. The number of aliphatic hydroxyl groups is 1. The molecule has 2 N–H and O–H groups in total. The molecule has 0 heterocycles. The van der Waals surface area contributed by atoms with Crippen molar-refractivity contribution in [1.82, 2.24) is 5.32 Å². The molecule has 0 amide bonds. The summed E-state index contributed by atoms with van der Waals surface area (Å²) in [7, 11) is 1.33. The third-order valence-corrected chi connectivity index (χ3v) is 0.884. The average Bonchev–Trinajstić information content (AvgIpc) is 1.67. The molecule has 0 aromatic carbocycles. The van der Waals surface area contributed by atoms with Crippen LogP contribution in [0.5, 0.6) is 0 Å². The van der Waals surface area contributed by atoms with Crippen molar-refractivity contribution < 1.29 is 44.6 Å². The van der Waals surface area contributed by atoms with Gasteiger partial charge in [-0.1, -0.05) is 0 Å². The maximum Gasteiger partial charge on any atom is 1.00 e. The topological polar surface area (TPSA) is 72.4 Å². The van der Waals surface area contributed by atoms with Crippen LogP contribution in [0.15, 0.2) is 0 Å². The molecule has 0 aliphatic carbocycles. The van der Waals surface area contributed by atoms with Crippen molar-refractivity contribution in [1.29, 1.82) is 0 Å². The number of hydrogen-bond donors (Lipinski definition) is 2. The number of nitrogens with one attached hydrogen (secondary N) is 1. The van der Waals surface area contributed by atoms with Crippen LogP contribution in [0, 0.1) is 0 Å². The van der Waals surface area contributed by atoms with Crippen LogP contribution in [0.3, 0.4) is 0 Å². The van der Waals surface area contributed by atoms with E-state index in [0.717, 1.165) is 6.92 Å². The van der Waals surface area contributed by atoms with Gasteiger partial charge >= 0.3 is 29.6 Å². The van der Waals surface area contributed by atoms with E-state index in [9.17, 15) is 9.90 Å². The van der Waals surface area contributed by atoms with E-state index < -0.39 is 11.7 Å². The Kier molecular flexibility index (Phi) is 5.71. The predicted molar refractivity (Wildman–Crippen MR) is 24.7 cm³/mol. The number of carbonyl (C=O) groups is 1. The van der Waals surface area contributed by atoms with Crippen LogP contribution in [-0.2, 0) is 4.79 Å². The molecule has 0 fully saturated rings. The molecule has 1 unspecified atom stereocenters. The van der Waals surface area contributed by atoms with E-state index in [2.05, 4.69) is 5.32 Å². The zero-order chi connectivity index (χ0) is 6.78. The van der Waals surface area contributed by atoms with Crippen LogP contribution >= 0.6 is 0 Å². The van der Waals surface area contributed by atoms with Gasteiger partial charge in [0.2, 0.25) is 0 Å². The number of carboxylic acids is 1. The van der Waals surface area contributed by atoms with Gasteiger partial charge in [0, 0.05) is 0 Å². The Hall–Kier alpha value is 0.390. The molecule has 48 valence electrons. The van der Waals surface area contributed by atoms with E-state index in [1.807, 2.05) is 0 Å². The first-order chi connectivity index (χ1) is 3.50. The summed E-state index contributed by atoms with van der Waals surface area (Å²) in [5.41, 5.74) is -1.90. The van der Waals surface area contributed by atoms with Gasteiger partial charge in [-0.2, -0.15) is 0 Å². The molecule has 0 spiro atoms. The second-order valence-corrected chi connectivity index (χ2v) is 1.61. The summed E-state index contributed by atoms with van der Waals surface area (Å²) in [5.74, 6) is -1.53. The number of rotatable bonds is 2. The molecule has 4 nitrogen and oxygen atoms in total. The number of carboxylic acid groups (broad SMARTS) is 1. The molecule has 0 saturated carbocycles. The Labute approximate surface area is 75.5 Å². The van der Waals surface area contributed by atoms with Crippen molar-refractivity contribution in [3.05, 3.63) is 0 Å². The molecule has 5 heteroatoms. The van der Waals surface area contributed by atoms with Crippen molar-refractivity contribution in [3.8, 4) is 0 Å². The Morgan fingerprint density at radius 1 is 1.78 bits per heavy atom. The fourth-order valence-corrected chi connectivity index (χ4v) is 0.102. The minimum Gasteiger partial charge on any atom is -0.546 e.